The van der Waals surface area contributed by atoms with Gasteiger partial charge in [0.2, 0.25) is 0 Å². The summed E-state index contributed by atoms with van der Waals surface area (Å²) in [5.74, 6) is 0.264. The molecule has 0 aromatic carbocycles. The van der Waals surface area contributed by atoms with E-state index >= 15 is 0 Å². The molecule has 0 radical (unpaired) electrons. The van der Waals surface area contributed by atoms with E-state index < -0.39 is 6.09 Å². The molecule has 92 valence electrons. The Labute approximate surface area is 96.6 Å². The van der Waals surface area contributed by atoms with E-state index in [9.17, 15) is 9.90 Å². The minimum absolute atomic E-state index is 0.264. The fourth-order valence-electron chi connectivity index (χ4n) is 2.18. The Balaban J connectivity index is 2.24. The van der Waals surface area contributed by atoms with Crippen LogP contribution in [0.3, 0.4) is 0 Å². The normalized spacial score (nSPS) is 19.4. The van der Waals surface area contributed by atoms with Crippen molar-refractivity contribution in [1.82, 2.24) is 4.90 Å². The van der Waals surface area contributed by atoms with E-state index in [0.717, 1.165) is 32.1 Å². The van der Waals surface area contributed by atoms with Crippen LogP contribution in [0.5, 0.6) is 0 Å². The van der Waals surface area contributed by atoms with Crippen molar-refractivity contribution < 1.29 is 15.0 Å². The number of nitrogens with zero attached hydrogens (tertiary/aromatic N) is 1. The number of hydrogen-bond donors (Lipinski definition) is 2. The molecule has 1 rings (SSSR count). The van der Waals surface area contributed by atoms with Gasteiger partial charge in [0, 0.05) is 13.1 Å². The molecule has 2 N–H and O–H groups in total. The van der Waals surface area contributed by atoms with Crippen LogP contribution in [-0.4, -0.2) is 40.4 Å². The molecule has 1 heterocycles. The number of aliphatic hydroxyl groups excluding tert-OH is 1. The molecule has 0 spiro atoms. The van der Waals surface area contributed by atoms with Crippen LogP contribution in [0.25, 0.3) is 0 Å². The molecule has 0 aromatic rings. The maximum Gasteiger partial charge on any atom is 0.407 e. The lowest BCUT2D eigenvalue weighted by Gasteiger charge is -2.32. The molecule has 0 saturated carbocycles. The number of rotatable bonds is 5. The molecule has 16 heavy (non-hydrogen) atoms. The molecule has 1 atom stereocenters. The van der Waals surface area contributed by atoms with Crippen molar-refractivity contribution >= 4 is 6.09 Å². The lowest BCUT2D eigenvalue weighted by Crippen LogP contribution is -2.40. The summed E-state index contributed by atoms with van der Waals surface area (Å²) in [6.45, 7) is 4.75. The molecule has 1 amide bonds. The van der Waals surface area contributed by atoms with Crippen molar-refractivity contribution in [3.8, 4) is 0 Å². The molecular weight excluding hydrogens is 206 g/mol. The zero-order chi connectivity index (χ0) is 12.0. The van der Waals surface area contributed by atoms with E-state index in [0.29, 0.717) is 13.1 Å². The third-order valence-corrected chi connectivity index (χ3v) is 3.26. The van der Waals surface area contributed by atoms with Gasteiger partial charge in [0.05, 0.1) is 6.10 Å². The first-order chi connectivity index (χ1) is 7.65. The summed E-state index contributed by atoms with van der Waals surface area (Å²) in [5.41, 5.74) is 0. The number of amides is 1. The minimum atomic E-state index is -0.848. The fraction of sp³-hybridized carbons (Fsp3) is 0.750. The van der Waals surface area contributed by atoms with E-state index in [1.807, 2.05) is 6.08 Å². The molecular formula is C12H21NO3. The molecule has 1 fully saturated rings. The Morgan fingerprint density at radius 2 is 2.12 bits per heavy atom. The summed E-state index contributed by atoms with van der Waals surface area (Å²) in [7, 11) is 0. The SMILES string of the molecule is C=CCCCC(O)C1CCN(C(=O)O)CC1. The number of allylic oxidation sites excluding steroid dienone is 1. The molecule has 0 aliphatic carbocycles. The number of likely N-dealkylation sites (tertiary alicyclic amines) is 1. The number of piperidine rings is 1. The summed E-state index contributed by atoms with van der Waals surface area (Å²) in [5, 5.41) is 18.7. The van der Waals surface area contributed by atoms with Crippen LogP contribution in [0, 0.1) is 5.92 Å². The van der Waals surface area contributed by atoms with Crippen molar-refractivity contribution in [2.24, 2.45) is 5.92 Å². The second-order valence-corrected chi connectivity index (χ2v) is 4.39. The predicted octanol–water partition coefficient (Wildman–Crippen LogP) is 2.09. The smallest absolute Gasteiger partial charge is 0.407 e. The monoisotopic (exact) mass is 227 g/mol. The molecule has 1 aliphatic rings. The number of unbranched alkanes of at least 4 members (excludes halogenated alkanes) is 1. The molecule has 0 bridgehead atoms. The molecule has 0 aromatic heterocycles. The zero-order valence-corrected chi connectivity index (χ0v) is 9.64. The summed E-state index contributed by atoms with van der Waals surface area (Å²) in [6.07, 6.45) is 4.98. The largest absolute Gasteiger partial charge is 0.465 e. The van der Waals surface area contributed by atoms with E-state index in [2.05, 4.69) is 6.58 Å². The van der Waals surface area contributed by atoms with E-state index in [1.165, 1.54) is 4.90 Å². The van der Waals surface area contributed by atoms with Crippen LogP contribution >= 0.6 is 0 Å². The standard InChI is InChI=1S/C12H21NO3/c1-2-3-4-5-11(14)10-6-8-13(9-7-10)12(15)16/h2,10-11,14H,1,3-9H2,(H,15,16). The first-order valence-corrected chi connectivity index (χ1v) is 5.92. The van der Waals surface area contributed by atoms with Gasteiger partial charge in [0.15, 0.2) is 0 Å². The van der Waals surface area contributed by atoms with E-state index in [1.54, 1.807) is 0 Å². The average molecular weight is 227 g/mol. The third-order valence-electron chi connectivity index (χ3n) is 3.26. The minimum Gasteiger partial charge on any atom is -0.465 e. The first kappa shape index (κ1) is 13.0. The van der Waals surface area contributed by atoms with Crippen molar-refractivity contribution in [3.05, 3.63) is 12.7 Å². The van der Waals surface area contributed by atoms with Crippen LogP contribution in [0.4, 0.5) is 4.79 Å². The summed E-state index contributed by atoms with van der Waals surface area (Å²) >= 11 is 0. The van der Waals surface area contributed by atoms with Gasteiger partial charge in [-0.1, -0.05) is 6.08 Å². The van der Waals surface area contributed by atoms with Gasteiger partial charge in [0.1, 0.15) is 0 Å². The molecule has 1 aliphatic heterocycles. The van der Waals surface area contributed by atoms with Crippen molar-refractivity contribution in [1.29, 1.82) is 0 Å². The highest BCUT2D eigenvalue weighted by atomic mass is 16.4. The van der Waals surface area contributed by atoms with Crippen LogP contribution < -0.4 is 0 Å². The van der Waals surface area contributed by atoms with Crippen LogP contribution in [-0.2, 0) is 0 Å². The Morgan fingerprint density at radius 1 is 1.50 bits per heavy atom. The lowest BCUT2D eigenvalue weighted by molar-refractivity contribution is 0.0518. The molecule has 1 saturated heterocycles. The predicted molar refractivity (Wildman–Crippen MR) is 62.4 cm³/mol. The van der Waals surface area contributed by atoms with Crippen LogP contribution in [0.2, 0.25) is 0 Å². The van der Waals surface area contributed by atoms with Gasteiger partial charge < -0.3 is 15.1 Å². The van der Waals surface area contributed by atoms with E-state index in [-0.39, 0.29) is 12.0 Å². The fourth-order valence-corrected chi connectivity index (χ4v) is 2.18. The summed E-state index contributed by atoms with van der Waals surface area (Å²) in [4.78, 5) is 12.1. The summed E-state index contributed by atoms with van der Waals surface area (Å²) < 4.78 is 0. The quantitative estimate of drug-likeness (QED) is 0.558. The number of aliphatic hydroxyl groups is 1. The van der Waals surface area contributed by atoms with Crippen molar-refractivity contribution in [2.75, 3.05) is 13.1 Å². The number of carbonyl (C=O) groups is 1. The van der Waals surface area contributed by atoms with Gasteiger partial charge in [-0.05, 0) is 38.0 Å². The van der Waals surface area contributed by atoms with Gasteiger partial charge in [-0.2, -0.15) is 0 Å². The van der Waals surface area contributed by atoms with Crippen LogP contribution in [0.15, 0.2) is 12.7 Å². The van der Waals surface area contributed by atoms with E-state index in [4.69, 9.17) is 5.11 Å². The highest BCUT2D eigenvalue weighted by Gasteiger charge is 2.26. The lowest BCUT2D eigenvalue weighted by atomic mass is 9.89. The van der Waals surface area contributed by atoms with Gasteiger partial charge in [-0.15, -0.1) is 6.58 Å². The summed E-state index contributed by atoms with van der Waals surface area (Å²) in [6, 6.07) is 0. The Bertz CT molecular complexity index is 234. The zero-order valence-electron chi connectivity index (χ0n) is 9.64. The van der Waals surface area contributed by atoms with Crippen LogP contribution in [0.1, 0.15) is 32.1 Å². The Kier molecular flexibility index (Phi) is 5.32. The highest BCUT2D eigenvalue weighted by molar-refractivity contribution is 5.64. The van der Waals surface area contributed by atoms with Crippen molar-refractivity contribution in [2.45, 2.75) is 38.2 Å². The first-order valence-electron chi connectivity index (χ1n) is 5.92. The molecule has 4 heteroatoms. The molecule has 4 nitrogen and oxygen atoms in total. The highest BCUT2D eigenvalue weighted by Crippen LogP contribution is 2.23. The van der Waals surface area contributed by atoms with Gasteiger partial charge in [0.25, 0.3) is 0 Å². The van der Waals surface area contributed by atoms with Crippen molar-refractivity contribution in [3.63, 3.8) is 0 Å². The van der Waals surface area contributed by atoms with Gasteiger partial charge >= 0.3 is 6.09 Å². The Morgan fingerprint density at radius 3 is 2.62 bits per heavy atom. The van der Waals surface area contributed by atoms with Gasteiger partial charge in [-0.3, -0.25) is 0 Å². The maximum absolute atomic E-state index is 10.7. The maximum atomic E-state index is 10.7. The second-order valence-electron chi connectivity index (χ2n) is 4.39. The third kappa shape index (κ3) is 3.85. The topological polar surface area (TPSA) is 60.8 Å². The second kappa shape index (κ2) is 6.53. The van der Waals surface area contributed by atoms with Gasteiger partial charge in [-0.25, -0.2) is 4.79 Å². The Hall–Kier alpha value is -1.03. The number of hydrogen-bond acceptors (Lipinski definition) is 2. The average Bonchev–Trinajstić information content (AvgIpc) is 2.29. The molecule has 1 unspecified atom stereocenters. The number of carboxylic acid groups (broad SMARTS) is 1.